The number of rotatable bonds is 5. The van der Waals surface area contributed by atoms with Crippen molar-refractivity contribution in [2.75, 3.05) is 32.7 Å². The number of carbonyl (C=O) groups is 1. The van der Waals surface area contributed by atoms with E-state index < -0.39 is 0 Å². The van der Waals surface area contributed by atoms with Gasteiger partial charge in [0.15, 0.2) is 0 Å². The highest BCUT2D eigenvalue weighted by Gasteiger charge is 2.35. The summed E-state index contributed by atoms with van der Waals surface area (Å²) >= 11 is 0. The Labute approximate surface area is 118 Å². The second-order valence-electron chi connectivity index (χ2n) is 5.48. The van der Waals surface area contributed by atoms with Crippen LogP contribution in [0.3, 0.4) is 0 Å². The van der Waals surface area contributed by atoms with Gasteiger partial charge in [0.1, 0.15) is 5.83 Å². The van der Waals surface area contributed by atoms with E-state index >= 15 is 0 Å². The lowest BCUT2D eigenvalue weighted by atomic mass is 10.1. The lowest BCUT2D eigenvalue weighted by Gasteiger charge is -2.26. The van der Waals surface area contributed by atoms with E-state index in [9.17, 15) is 9.18 Å². The number of halogens is 1. The molecule has 3 aliphatic rings. The summed E-state index contributed by atoms with van der Waals surface area (Å²) in [6, 6.07) is 0. The lowest BCUT2D eigenvalue weighted by molar-refractivity contribution is -0.120. The second kappa shape index (κ2) is 5.89. The molecule has 108 valence electrons. The molecule has 0 aromatic rings. The first-order chi connectivity index (χ1) is 9.74. The van der Waals surface area contributed by atoms with Crippen molar-refractivity contribution < 1.29 is 9.18 Å². The van der Waals surface area contributed by atoms with Gasteiger partial charge in [-0.1, -0.05) is 6.08 Å². The van der Waals surface area contributed by atoms with Crippen molar-refractivity contribution in [3.8, 4) is 0 Å². The fourth-order valence-electron chi connectivity index (χ4n) is 2.69. The van der Waals surface area contributed by atoms with Gasteiger partial charge >= 0.3 is 0 Å². The van der Waals surface area contributed by atoms with Crippen LogP contribution in [0.15, 0.2) is 35.3 Å². The minimum atomic E-state index is -0.108. The molecule has 2 aliphatic carbocycles. The molecule has 1 heterocycles. The third-order valence-electron chi connectivity index (χ3n) is 3.95. The number of nitrogens with one attached hydrogen (secondary N) is 2. The Bertz CT molecular complexity index is 489. The Hall–Kier alpha value is -1.46. The number of piperazine rings is 1. The van der Waals surface area contributed by atoms with Crippen LogP contribution in [-0.2, 0) is 4.79 Å². The summed E-state index contributed by atoms with van der Waals surface area (Å²) < 4.78 is 13.1. The molecule has 0 spiro atoms. The molecule has 1 aliphatic heterocycles. The molecule has 0 saturated carbocycles. The Morgan fingerprint density at radius 2 is 2.25 bits per heavy atom. The van der Waals surface area contributed by atoms with E-state index in [1.807, 2.05) is 0 Å². The summed E-state index contributed by atoms with van der Waals surface area (Å²) in [6.07, 6.45) is 6.69. The third kappa shape index (κ3) is 3.16. The van der Waals surface area contributed by atoms with Gasteiger partial charge in [0, 0.05) is 43.9 Å². The van der Waals surface area contributed by atoms with E-state index in [-0.39, 0.29) is 17.7 Å². The Balaban J connectivity index is 1.37. The van der Waals surface area contributed by atoms with Crippen LogP contribution in [0.2, 0.25) is 0 Å². The highest BCUT2D eigenvalue weighted by atomic mass is 19.1. The molecule has 1 amide bonds. The maximum Gasteiger partial charge on any atom is 0.224 e. The van der Waals surface area contributed by atoms with E-state index in [1.54, 1.807) is 18.2 Å². The summed E-state index contributed by atoms with van der Waals surface area (Å²) in [5.41, 5.74) is 1.42. The van der Waals surface area contributed by atoms with E-state index in [0.717, 1.165) is 39.1 Å². The zero-order valence-electron chi connectivity index (χ0n) is 11.5. The van der Waals surface area contributed by atoms with Crippen LogP contribution in [0.25, 0.3) is 0 Å². The smallest absolute Gasteiger partial charge is 0.224 e. The molecule has 0 radical (unpaired) electrons. The van der Waals surface area contributed by atoms with Gasteiger partial charge in [-0.2, -0.15) is 0 Å². The van der Waals surface area contributed by atoms with Crippen molar-refractivity contribution in [1.29, 1.82) is 0 Å². The first kappa shape index (κ1) is 13.5. The number of fused-ring (bicyclic) bond motifs is 1. The Kier molecular flexibility index (Phi) is 3.98. The lowest BCUT2D eigenvalue weighted by Crippen LogP contribution is -2.43. The predicted octanol–water partition coefficient (Wildman–Crippen LogP) is 1.10. The second-order valence-corrected chi connectivity index (χ2v) is 5.48. The number of hydrogen-bond acceptors (Lipinski definition) is 3. The van der Waals surface area contributed by atoms with Crippen LogP contribution in [0, 0.1) is 5.92 Å². The number of hydrogen-bond donors (Lipinski definition) is 2. The van der Waals surface area contributed by atoms with Gasteiger partial charge in [0.2, 0.25) is 5.91 Å². The number of allylic oxidation sites excluding steroid dienone is 5. The van der Waals surface area contributed by atoms with Crippen molar-refractivity contribution in [2.24, 2.45) is 5.92 Å². The number of carbonyl (C=O) groups excluding carboxylic acids is 1. The van der Waals surface area contributed by atoms with Crippen LogP contribution >= 0.6 is 0 Å². The van der Waals surface area contributed by atoms with Gasteiger partial charge in [-0.25, -0.2) is 4.39 Å². The molecule has 0 unspecified atom stereocenters. The topological polar surface area (TPSA) is 44.4 Å². The molecule has 1 atom stereocenters. The summed E-state index contributed by atoms with van der Waals surface area (Å²) in [5, 5.41) is 6.15. The number of amides is 1. The van der Waals surface area contributed by atoms with Crippen LogP contribution in [0.5, 0.6) is 0 Å². The van der Waals surface area contributed by atoms with E-state index in [0.29, 0.717) is 17.7 Å². The molecule has 4 nitrogen and oxygen atoms in total. The van der Waals surface area contributed by atoms with Crippen molar-refractivity contribution >= 4 is 5.91 Å². The monoisotopic (exact) mass is 277 g/mol. The van der Waals surface area contributed by atoms with Crippen molar-refractivity contribution in [1.82, 2.24) is 15.5 Å². The van der Waals surface area contributed by atoms with Crippen LogP contribution < -0.4 is 10.6 Å². The number of nitrogens with zero attached hydrogens (tertiary/aromatic N) is 1. The summed E-state index contributed by atoms with van der Waals surface area (Å²) in [6.45, 7) is 5.15. The zero-order chi connectivity index (χ0) is 13.9. The summed E-state index contributed by atoms with van der Waals surface area (Å²) in [7, 11) is 0. The van der Waals surface area contributed by atoms with Gasteiger partial charge in [-0.15, -0.1) is 0 Å². The fraction of sp³-hybridized carbons (Fsp3) is 0.533. The molecule has 0 aromatic carbocycles. The largest absolute Gasteiger partial charge is 0.326 e. The maximum atomic E-state index is 13.1. The van der Waals surface area contributed by atoms with Crippen molar-refractivity contribution in [2.45, 2.75) is 12.8 Å². The summed E-state index contributed by atoms with van der Waals surface area (Å²) in [5.74, 6) is -0.163. The van der Waals surface area contributed by atoms with E-state index in [2.05, 4.69) is 15.5 Å². The Morgan fingerprint density at radius 1 is 1.45 bits per heavy atom. The molecule has 0 aromatic heterocycles. The predicted molar refractivity (Wildman–Crippen MR) is 75.5 cm³/mol. The highest BCUT2D eigenvalue weighted by molar-refractivity contribution is 5.79. The average molecular weight is 277 g/mol. The van der Waals surface area contributed by atoms with Crippen LogP contribution in [0.1, 0.15) is 12.8 Å². The standard InChI is InChI=1S/C15H20FN3O/c16-15-12-4-3-11(10-13(12)15)18-14(20)2-1-7-19-8-5-17-6-9-19/h3-4,10,12,17H,1-2,5-9H2,(H,18,20)/t12-/m1/s1. The van der Waals surface area contributed by atoms with Crippen LogP contribution in [0.4, 0.5) is 4.39 Å². The molecular formula is C15H20FN3O. The van der Waals surface area contributed by atoms with Gasteiger partial charge in [0.25, 0.3) is 0 Å². The molecule has 2 N–H and O–H groups in total. The van der Waals surface area contributed by atoms with E-state index in [4.69, 9.17) is 0 Å². The van der Waals surface area contributed by atoms with Crippen molar-refractivity contribution in [3.63, 3.8) is 0 Å². The van der Waals surface area contributed by atoms with E-state index in [1.165, 1.54) is 0 Å². The minimum Gasteiger partial charge on any atom is -0.326 e. The average Bonchev–Trinajstić information content (AvgIpc) is 3.10. The first-order valence-electron chi connectivity index (χ1n) is 7.26. The minimum absolute atomic E-state index is 0.0103. The van der Waals surface area contributed by atoms with Crippen molar-refractivity contribution in [3.05, 3.63) is 35.3 Å². The van der Waals surface area contributed by atoms with Crippen LogP contribution in [-0.4, -0.2) is 43.5 Å². The van der Waals surface area contributed by atoms with Gasteiger partial charge in [-0.05, 0) is 25.1 Å². The molecule has 3 rings (SSSR count). The SMILES string of the molecule is O=C(CCCN1CCNCC1)NC1=CC2=C(F)[C@@H]2C=C1. The van der Waals surface area contributed by atoms with Gasteiger partial charge in [0.05, 0.1) is 5.92 Å². The Morgan fingerprint density at radius 3 is 3.00 bits per heavy atom. The fourth-order valence-corrected chi connectivity index (χ4v) is 2.69. The van der Waals surface area contributed by atoms with Gasteiger partial charge < -0.3 is 15.5 Å². The molecule has 20 heavy (non-hydrogen) atoms. The van der Waals surface area contributed by atoms with Gasteiger partial charge in [-0.3, -0.25) is 4.79 Å². The highest BCUT2D eigenvalue weighted by Crippen LogP contribution is 2.44. The quantitative estimate of drug-likeness (QED) is 0.791. The third-order valence-corrected chi connectivity index (χ3v) is 3.95. The summed E-state index contributed by atoms with van der Waals surface area (Å²) in [4.78, 5) is 14.2. The molecule has 5 heteroatoms. The normalized spacial score (nSPS) is 25.2. The molecule has 1 saturated heterocycles. The first-order valence-corrected chi connectivity index (χ1v) is 7.26. The zero-order valence-corrected chi connectivity index (χ0v) is 11.5. The molecular weight excluding hydrogens is 257 g/mol. The molecule has 0 bridgehead atoms. The maximum absolute atomic E-state index is 13.1. The molecule has 1 fully saturated rings.